The molecule has 0 aromatic heterocycles. The third-order valence-electron chi connectivity index (χ3n) is 5.72. The van der Waals surface area contributed by atoms with Crippen LogP contribution in [0.3, 0.4) is 0 Å². The molecule has 0 radical (unpaired) electrons. The lowest BCUT2D eigenvalue weighted by atomic mass is 9.70. The van der Waals surface area contributed by atoms with Crippen LogP contribution in [0.4, 0.5) is 0 Å². The van der Waals surface area contributed by atoms with Crippen molar-refractivity contribution in [1.82, 2.24) is 0 Å². The van der Waals surface area contributed by atoms with Crippen LogP contribution in [-0.2, 0) is 9.53 Å². The second kappa shape index (κ2) is 3.86. The Kier molecular flexibility index (Phi) is 2.87. The summed E-state index contributed by atoms with van der Waals surface area (Å²) in [7, 11) is 0. The fourth-order valence-corrected chi connectivity index (χ4v) is 3.65. The average Bonchev–Trinajstić information content (AvgIpc) is 2.60. The largest absolute Gasteiger partial charge is 0.458 e. The van der Waals surface area contributed by atoms with Crippen molar-refractivity contribution in [3.05, 3.63) is 11.6 Å². The van der Waals surface area contributed by atoms with E-state index in [1.807, 2.05) is 19.9 Å². The number of carbonyl (C=O) groups excluding carboxylic acids is 1. The normalized spacial score (nSPS) is 39.5. The zero-order valence-corrected chi connectivity index (χ0v) is 11.7. The molecule has 0 aromatic rings. The standard InChI is InChI=1S/C15H24O2/c1-6-10(2)13(16)17-12-9-11-7-8-15(12,5)14(11,3)4/h6,11-12H,7-9H2,1-5H3/t11-,12?,15-/m1/s1. The van der Waals surface area contributed by atoms with Gasteiger partial charge in [-0.15, -0.1) is 0 Å². The van der Waals surface area contributed by atoms with Crippen LogP contribution in [0.5, 0.6) is 0 Å². The summed E-state index contributed by atoms with van der Waals surface area (Å²) < 4.78 is 5.73. The summed E-state index contributed by atoms with van der Waals surface area (Å²) in [5, 5.41) is 0. The molecule has 96 valence electrons. The minimum Gasteiger partial charge on any atom is -0.458 e. The first kappa shape index (κ1) is 12.7. The Morgan fingerprint density at radius 3 is 2.41 bits per heavy atom. The van der Waals surface area contributed by atoms with E-state index >= 15 is 0 Å². The Bertz CT molecular complexity index is 367. The molecule has 0 amide bonds. The SMILES string of the molecule is CC=C(C)C(=O)OC1C[C@H]2CC[C@@]1(C)C2(C)C. The quantitative estimate of drug-likeness (QED) is 0.539. The number of hydrogen-bond donors (Lipinski definition) is 0. The molecular formula is C15H24O2. The van der Waals surface area contributed by atoms with Crippen molar-refractivity contribution in [2.45, 2.75) is 60.0 Å². The highest BCUT2D eigenvalue weighted by Gasteiger charge is 2.62. The number of fused-ring (bicyclic) bond motifs is 2. The maximum absolute atomic E-state index is 11.9. The van der Waals surface area contributed by atoms with Gasteiger partial charge >= 0.3 is 5.97 Å². The summed E-state index contributed by atoms with van der Waals surface area (Å²) in [5.74, 6) is 0.582. The predicted molar refractivity (Wildman–Crippen MR) is 68.5 cm³/mol. The van der Waals surface area contributed by atoms with E-state index in [4.69, 9.17) is 4.74 Å². The van der Waals surface area contributed by atoms with Gasteiger partial charge in [0.15, 0.2) is 0 Å². The van der Waals surface area contributed by atoms with Crippen LogP contribution < -0.4 is 0 Å². The number of ether oxygens (including phenoxy) is 1. The molecule has 0 saturated heterocycles. The minimum absolute atomic E-state index is 0.110. The maximum Gasteiger partial charge on any atom is 0.333 e. The van der Waals surface area contributed by atoms with Gasteiger partial charge in [-0.25, -0.2) is 4.79 Å². The van der Waals surface area contributed by atoms with E-state index in [0.717, 1.165) is 12.3 Å². The van der Waals surface area contributed by atoms with Gasteiger partial charge in [0, 0.05) is 11.0 Å². The van der Waals surface area contributed by atoms with Gasteiger partial charge in [0.25, 0.3) is 0 Å². The minimum atomic E-state index is -0.137. The molecule has 2 nitrogen and oxygen atoms in total. The fraction of sp³-hybridized carbons (Fsp3) is 0.800. The summed E-state index contributed by atoms with van der Waals surface area (Å²) in [5.41, 5.74) is 1.19. The van der Waals surface area contributed by atoms with Gasteiger partial charge in [0.05, 0.1) is 0 Å². The molecule has 17 heavy (non-hydrogen) atoms. The summed E-state index contributed by atoms with van der Waals surface area (Å²) in [6.45, 7) is 10.7. The van der Waals surface area contributed by atoms with Crippen molar-refractivity contribution in [2.75, 3.05) is 0 Å². The highest BCUT2D eigenvalue weighted by molar-refractivity contribution is 5.87. The lowest BCUT2D eigenvalue weighted by Gasteiger charge is -2.38. The number of carbonyl (C=O) groups is 1. The van der Waals surface area contributed by atoms with Crippen molar-refractivity contribution in [2.24, 2.45) is 16.7 Å². The summed E-state index contributed by atoms with van der Waals surface area (Å²) >= 11 is 0. The highest BCUT2D eigenvalue weighted by atomic mass is 16.5. The molecule has 0 N–H and O–H groups in total. The lowest BCUT2D eigenvalue weighted by Crippen LogP contribution is -2.38. The maximum atomic E-state index is 11.9. The van der Waals surface area contributed by atoms with Crippen LogP contribution in [0.2, 0.25) is 0 Å². The number of esters is 1. The molecule has 0 aliphatic heterocycles. The molecule has 0 aromatic carbocycles. The Hall–Kier alpha value is -0.790. The van der Waals surface area contributed by atoms with Gasteiger partial charge in [-0.3, -0.25) is 0 Å². The lowest BCUT2D eigenvalue weighted by molar-refractivity contribution is -0.151. The van der Waals surface area contributed by atoms with Gasteiger partial charge in [-0.05, 0) is 44.4 Å². The Balaban J connectivity index is 2.14. The Morgan fingerprint density at radius 2 is 2.00 bits per heavy atom. The van der Waals surface area contributed by atoms with Crippen molar-refractivity contribution < 1.29 is 9.53 Å². The monoisotopic (exact) mass is 236 g/mol. The van der Waals surface area contributed by atoms with E-state index < -0.39 is 0 Å². The van der Waals surface area contributed by atoms with Gasteiger partial charge < -0.3 is 4.74 Å². The van der Waals surface area contributed by atoms with E-state index in [1.165, 1.54) is 12.8 Å². The number of allylic oxidation sites excluding steroid dienone is 1. The Morgan fingerprint density at radius 1 is 1.35 bits per heavy atom. The van der Waals surface area contributed by atoms with Crippen LogP contribution in [0.15, 0.2) is 11.6 Å². The number of rotatable bonds is 2. The molecule has 1 unspecified atom stereocenters. The number of hydrogen-bond acceptors (Lipinski definition) is 2. The van der Waals surface area contributed by atoms with E-state index in [2.05, 4.69) is 20.8 Å². The first-order valence-electron chi connectivity index (χ1n) is 6.67. The second-order valence-electron chi connectivity index (χ2n) is 6.48. The molecule has 3 atom stereocenters. The molecule has 2 fully saturated rings. The third-order valence-corrected chi connectivity index (χ3v) is 5.72. The topological polar surface area (TPSA) is 26.3 Å². The van der Waals surface area contributed by atoms with Gasteiger partial charge in [0.1, 0.15) is 6.10 Å². The first-order valence-corrected chi connectivity index (χ1v) is 6.67. The molecule has 2 aliphatic rings. The Labute approximate surface area is 104 Å². The van der Waals surface area contributed by atoms with Crippen molar-refractivity contribution in [3.8, 4) is 0 Å². The van der Waals surface area contributed by atoms with Crippen molar-refractivity contribution in [3.63, 3.8) is 0 Å². The summed E-state index contributed by atoms with van der Waals surface area (Å²) in [6.07, 6.45) is 5.46. The predicted octanol–water partition coefficient (Wildman–Crippen LogP) is 3.71. The van der Waals surface area contributed by atoms with Crippen molar-refractivity contribution >= 4 is 5.97 Å². The van der Waals surface area contributed by atoms with Crippen LogP contribution >= 0.6 is 0 Å². The van der Waals surface area contributed by atoms with Crippen LogP contribution in [0.25, 0.3) is 0 Å². The molecule has 2 rings (SSSR count). The van der Waals surface area contributed by atoms with Gasteiger partial charge in [-0.2, -0.15) is 0 Å². The van der Waals surface area contributed by atoms with Crippen LogP contribution in [0, 0.1) is 16.7 Å². The second-order valence-corrected chi connectivity index (χ2v) is 6.48. The van der Waals surface area contributed by atoms with E-state index in [0.29, 0.717) is 11.0 Å². The zero-order valence-electron chi connectivity index (χ0n) is 11.7. The van der Waals surface area contributed by atoms with Crippen LogP contribution in [0.1, 0.15) is 53.9 Å². The molecule has 2 heteroatoms. The summed E-state index contributed by atoms with van der Waals surface area (Å²) in [4.78, 5) is 11.9. The van der Waals surface area contributed by atoms with Crippen molar-refractivity contribution in [1.29, 1.82) is 0 Å². The molecule has 2 bridgehead atoms. The molecule has 2 saturated carbocycles. The smallest absolute Gasteiger partial charge is 0.333 e. The molecule has 0 spiro atoms. The molecular weight excluding hydrogens is 212 g/mol. The molecule has 0 heterocycles. The zero-order chi connectivity index (χ0) is 12.8. The first-order chi connectivity index (χ1) is 7.83. The van der Waals surface area contributed by atoms with E-state index in [-0.39, 0.29) is 17.5 Å². The highest BCUT2D eigenvalue weighted by Crippen LogP contribution is 2.66. The van der Waals surface area contributed by atoms with Gasteiger partial charge in [-0.1, -0.05) is 26.8 Å². The molecule has 2 aliphatic carbocycles. The van der Waals surface area contributed by atoms with E-state index in [1.54, 1.807) is 0 Å². The van der Waals surface area contributed by atoms with Gasteiger partial charge in [0.2, 0.25) is 0 Å². The summed E-state index contributed by atoms with van der Waals surface area (Å²) in [6, 6.07) is 0. The van der Waals surface area contributed by atoms with Crippen LogP contribution in [-0.4, -0.2) is 12.1 Å². The third kappa shape index (κ3) is 1.64. The van der Waals surface area contributed by atoms with E-state index in [9.17, 15) is 4.79 Å². The average molecular weight is 236 g/mol. The fourth-order valence-electron chi connectivity index (χ4n) is 3.65.